The van der Waals surface area contributed by atoms with Gasteiger partial charge in [-0.05, 0) is 30.4 Å². The number of Topliss-reactive ketones (excluding diaryl/α,β-unsaturated/α-hetero) is 1. The van der Waals surface area contributed by atoms with E-state index >= 15 is 0 Å². The topological polar surface area (TPSA) is 17.1 Å². The van der Waals surface area contributed by atoms with Crippen molar-refractivity contribution in [1.82, 2.24) is 0 Å². The first-order valence-corrected chi connectivity index (χ1v) is 5.90. The first-order chi connectivity index (χ1) is 7.31. The average molecular weight is 202 g/mol. The highest BCUT2D eigenvalue weighted by Crippen LogP contribution is 2.27. The molecule has 0 atom stereocenters. The molecule has 2 rings (SSSR count). The minimum absolute atomic E-state index is 0.272. The molecule has 0 radical (unpaired) electrons. The Hall–Kier alpha value is -1.11. The molecule has 80 valence electrons. The van der Waals surface area contributed by atoms with Gasteiger partial charge in [0.15, 0.2) is 0 Å². The normalized spacial score (nSPS) is 15.3. The SMILES string of the molecule is CCCCC(=O)C1Cc2ccccc2C1. The number of unbranched alkanes of at least 4 members (excludes halogenated alkanes) is 1. The predicted molar refractivity (Wildman–Crippen MR) is 61.9 cm³/mol. The zero-order chi connectivity index (χ0) is 10.7. The minimum Gasteiger partial charge on any atom is -0.299 e. The number of carbonyl (C=O) groups is 1. The molecule has 0 saturated heterocycles. The molecular formula is C14H18O. The lowest BCUT2D eigenvalue weighted by Crippen LogP contribution is -2.14. The van der Waals surface area contributed by atoms with Crippen molar-refractivity contribution in [3.8, 4) is 0 Å². The van der Waals surface area contributed by atoms with Crippen LogP contribution in [-0.2, 0) is 17.6 Å². The molecule has 0 saturated carbocycles. The molecule has 0 spiro atoms. The second-order valence-electron chi connectivity index (χ2n) is 4.44. The summed E-state index contributed by atoms with van der Waals surface area (Å²) in [5.74, 6) is 0.738. The molecule has 1 nitrogen and oxygen atoms in total. The molecule has 1 heteroatoms. The van der Waals surface area contributed by atoms with Gasteiger partial charge in [0, 0.05) is 12.3 Å². The van der Waals surface area contributed by atoms with Crippen LogP contribution in [0.1, 0.15) is 37.3 Å². The number of rotatable bonds is 4. The number of ketones is 1. The van der Waals surface area contributed by atoms with Crippen LogP contribution in [0, 0.1) is 5.92 Å². The van der Waals surface area contributed by atoms with E-state index in [2.05, 4.69) is 31.2 Å². The van der Waals surface area contributed by atoms with Gasteiger partial charge in [0.2, 0.25) is 0 Å². The molecule has 1 aromatic rings. The Morgan fingerprint density at radius 3 is 2.40 bits per heavy atom. The molecule has 0 aliphatic heterocycles. The van der Waals surface area contributed by atoms with Crippen LogP contribution in [0.25, 0.3) is 0 Å². The molecule has 0 unspecified atom stereocenters. The fourth-order valence-corrected chi connectivity index (χ4v) is 2.34. The fourth-order valence-electron chi connectivity index (χ4n) is 2.34. The van der Waals surface area contributed by atoms with Gasteiger partial charge >= 0.3 is 0 Å². The van der Waals surface area contributed by atoms with Crippen LogP contribution < -0.4 is 0 Å². The summed E-state index contributed by atoms with van der Waals surface area (Å²) in [6.07, 6.45) is 4.88. The van der Waals surface area contributed by atoms with E-state index in [4.69, 9.17) is 0 Å². The first-order valence-electron chi connectivity index (χ1n) is 5.90. The minimum atomic E-state index is 0.272. The van der Waals surface area contributed by atoms with Crippen LogP contribution in [0.15, 0.2) is 24.3 Å². The Balaban J connectivity index is 1.98. The number of fused-ring (bicyclic) bond motifs is 1. The summed E-state index contributed by atoms with van der Waals surface area (Å²) in [5, 5.41) is 0. The van der Waals surface area contributed by atoms with E-state index in [0.29, 0.717) is 5.78 Å². The molecule has 1 aromatic carbocycles. The van der Waals surface area contributed by atoms with E-state index in [0.717, 1.165) is 32.1 Å². The smallest absolute Gasteiger partial charge is 0.136 e. The third kappa shape index (κ3) is 2.28. The lowest BCUT2D eigenvalue weighted by Gasteiger charge is -2.06. The summed E-state index contributed by atoms with van der Waals surface area (Å²) < 4.78 is 0. The molecule has 0 fully saturated rings. The highest BCUT2D eigenvalue weighted by molar-refractivity contribution is 5.82. The lowest BCUT2D eigenvalue weighted by atomic mass is 9.97. The van der Waals surface area contributed by atoms with E-state index in [-0.39, 0.29) is 5.92 Å². The van der Waals surface area contributed by atoms with Crippen molar-refractivity contribution in [2.45, 2.75) is 39.0 Å². The molecule has 0 heterocycles. The Bertz CT molecular complexity index is 329. The maximum Gasteiger partial charge on any atom is 0.136 e. The quantitative estimate of drug-likeness (QED) is 0.733. The summed E-state index contributed by atoms with van der Waals surface area (Å²) in [7, 11) is 0. The third-order valence-electron chi connectivity index (χ3n) is 3.28. The number of hydrogen-bond acceptors (Lipinski definition) is 1. The molecule has 1 aliphatic carbocycles. The number of hydrogen-bond donors (Lipinski definition) is 0. The zero-order valence-electron chi connectivity index (χ0n) is 9.33. The van der Waals surface area contributed by atoms with Gasteiger partial charge in [-0.15, -0.1) is 0 Å². The zero-order valence-corrected chi connectivity index (χ0v) is 9.33. The summed E-state index contributed by atoms with van der Waals surface area (Å²) in [5.41, 5.74) is 2.76. The van der Waals surface area contributed by atoms with Crippen molar-refractivity contribution < 1.29 is 4.79 Å². The first kappa shape index (κ1) is 10.4. The maximum absolute atomic E-state index is 11.9. The largest absolute Gasteiger partial charge is 0.299 e. The highest BCUT2D eigenvalue weighted by Gasteiger charge is 2.25. The Kier molecular flexibility index (Phi) is 3.20. The van der Waals surface area contributed by atoms with Gasteiger partial charge in [-0.3, -0.25) is 4.79 Å². The van der Waals surface area contributed by atoms with Crippen LogP contribution in [0.4, 0.5) is 0 Å². The third-order valence-corrected chi connectivity index (χ3v) is 3.28. The molecular weight excluding hydrogens is 184 g/mol. The molecule has 0 bridgehead atoms. The summed E-state index contributed by atoms with van der Waals surface area (Å²) in [6, 6.07) is 8.44. The molecule has 1 aliphatic rings. The standard InChI is InChI=1S/C14H18O/c1-2-3-8-14(15)13-9-11-6-4-5-7-12(11)10-13/h4-7,13H,2-3,8-10H2,1H3. The maximum atomic E-state index is 11.9. The van der Waals surface area contributed by atoms with Crippen molar-refractivity contribution in [3.05, 3.63) is 35.4 Å². The van der Waals surface area contributed by atoms with Crippen molar-refractivity contribution >= 4 is 5.78 Å². The summed E-state index contributed by atoms with van der Waals surface area (Å²) in [6.45, 7) is 2.14. The van der Waals surface area contributed by atoms with E-state index in [1.54, 1.807) is 0 Å². The summed E-state index contributed by atoms with van der Waals surface area (Å²) in [4.78, 5) is 11.9. The Labute approximate surface area is 91.5 Å². The van der Waals surface area contributed by atoms with E-state index in [1.807, 2.05) is 0 Å². The van der Waals surface area contributed by atoms with Crippen LogP contribution in [0.5, 0.6) is 0 Å². The van der Waals surface area contributed by atoms with Crippen LogP contribution >= 0.6 is 0 Å². The van der Waals surface area contributed by atoms with Crippen molar-refractivity contribution in [2.24, 2.45) is 5.92 Å². The Morgan fingerprint density at radius 1 is 1.27 bits per heavy atom. The number of benzene rings is 1. The predicted octanol–water partition coefficient (Wildman–Crippen LogP) is 3.16. The van der Waals surface area contributed by atoms with E-state index in [1.165, 1.54) is 11.1 Å². The lowest BCUT2D eigenvalue weighted by molar-refractivity contribution is -0.122. The fraction of sp³-hybridized carbons (Fsp3) is 0.500. The van der Waals surface area contributed by atoms with Crippen LogP contribution in [-0.4, -0.2) is 5.78 Å². The van der Waals surface area contributed by atoms with Gasteiger partial charge < -0.3 is 0 Å². The van der Waals surface area contributed by atoms with Crippen molar-refractivity contribution in [1.29, 1.82) is 0 Å². The monoisotopic (exact) mass is 202 g/mol. The van der Waals surface area contributed by atoms with Crippen molar-refractivity contribution in [3.63, 3.8) is 0 Å². The van der Waals surface area contributed by atoms with Gasteiger partial charge in [-0.25, -0.2) is 0 Å². The summed E-state index contributed by atoms with van der Waals surface area (Å²) >= 11 is 0. The van der Waals surface area contributed by atoms with Gasteiger partial charge in [0.1, 0.15) is 5.78 Å². The van der Waals surface area contributed by atoms with Crippen molar-refractivity contribution in [2.75, 3.05) is 0 Å². The van der Waals surface area contributed by atoms with E-state index < -0.39 is 0 Å². The van der Waals surface area contributed by atoms with Gasteiger partial charge in [-0.2, -0.15) is 0 Å². The van der Waals surface area contributed by atoms with Gasteiger partial charge in [0.25, 0.3) is 0 Å². The Morgan fingerprint density at radius 2 is 1.87 bits per heavy atom. The van der Waals surface area contributed by atoms with E-state index in [9.17, 15) is 4.79 Å². The second kappa shape index (κ2) is 4.61. The van der Waals surface area contributed by atoms with Gasteiger partial charge in [-0.1, -0.05) is 37.6 Å². The van der Waals surface area contributed by atoms with Gasteiger partial charge in [0.05, 0.1) is 0 Å². The molecule has 15 heavy (non-hydrogen) atoms. The second-order valence-corrected chi connectivity index (χ2v) is 4.44. The molecule has 0 aromatic heterocycles. The average Bonchev–Trinajstić information content (AvgIpc) is 2.69. The molecule has 0 N–H and O–H groups in total. The highest BCUT2D eigenvalue weighted by atomic mass is 16.1. The van der Waals surface area contributed by atoms with Crippen LogP contribution in [0.3, 0.4) is 0 Å². The van der Waals surface area contributed by atoms with Crippen LogP contribution in [0.2, 0.25) is 0 Å². The molecule has 0 amide bonds. The number of carbonyl (C=O) groups excluding carboxylic acids is 1.